The van der Waals surface area contributed by atoms with Gasteiger partial charge in [0.1, 0.15) is 5.69 Å². The van der Waals surface area contributed by atoms with Crippen LogP contribution >= 0.6 is 0 Å². The van der Waals surface area contributed by atoms with Crippen molar-refractivity contribution in [1.29, 1.82) is 0 Å². The predicted molar refractivity (Wildman–Crippen MR) is 83.9 cm³/mol. The maximum absolute atomic E-state index is 12.6. The molecule has 1 fully saturated rings. The first-order valence-corrected chi connectivity index (χ1v) is 9.03. The van der Waals surface area contributed by atoms with Gasteiger partial charge in [-0.15, -0.1) is 0 Å². The number of piperazine rings is 1. The molecule has 8 nitrogen and oxygen atoms in total. The summed E-state index contributed by atoms with van der Waals surface area (Å²) in [7, 11) is -1.95. The van der Waals surface area contributed by atoms with Gasteiger partial charge >= 0.3 is 5.97 Å². The SMILES string of the molecule is COC(=O)c1c(C)[nH]c(C(=O)N2CCN(S(C)(=O)=O)CC2)c1C. The van der Waals surface area contributed by atoms with Gasteiger partial charge in [-0.25, -0.2) is 13.2 Å². The minimum absolute atomic E-state index is 0.242. The number of aromatic nitrogens is 1. The number of H-pyrrole nitrogens is 1. The van der Waals surface area contributed by atoms with Gasteiger partial charge in [0.2, 0.25) is 10.0 Å². The molecular formula is C14H21N3O5S. The van der Waals surface area contributed by atoms with Crippen LogP contribution in [0.2, 0.25) is 0 Å². The van der Waals surface area contributed by atoms with Gasteiger partial charge in [-0.05, 0) is 19.4 Å². The van der Waals surface area contributed by atoms with Gasteiger partial charge in [-0.1, -0.05) is 0 Å². The second kappa shape index (κ2) is 6.32. The number of rotatable bonds is 3. The second-order valence-electron chi connectivity index (χ2n) is 5.57. The molecule has 23 heavy (non-hydrogen) atoms. The molecule has 128 valence electrons. The van der Waals surface area contributed by atoms with Crippen LogP contribution in [0.15, 0.2) is 0 Å². The summed E-state index contributed by atoms with van der Waals surface area (Å²) in [6, 6.07) is 0. The number of nitrogens with zero attached hydrogens (tertiary/aromatic N) is 2. The Bertz CT molecular complexity index is 730. The van der Waals surface area contributed by atoms with E-state index in [1.54, 1.807) is 18.7 Å². The highest BCUT2D eigenvalue weighted by molar-refractivity contribution is 7.88. The summed E-state index contributed by atoms with van der Waals surface area (Å²) in [5.41, 5.74) is 1.83. The molecule has 0 aromatic carbocycles. The zero-order chi connectivity index (χ0) is 17.4. The zero-order valence-electron chi connectivity index (χ0n) is 13.7. The van der Waals surface area contributed by atoms with Crippen LogP contribution in [0, 0.1) is 13.8 Å². The quantitative estimate of drug-likeness (QED) is 0.787. The number of carbonyl (C=O) groups is 2. The number of ether oxygens (including phenoxy) is 1. The Morgan fingerprint density at radius 3 is 2.17 bits per heavy atom. The van der Waals surface area contributed by atoms with Gasteiger partial charge in [0.15, 0.2) is 0 Å². The molecule has 0 radical (unpaired) electrons. The summed E-state index contributed by atoms with van der Waals surface area (Å²) in [6.07, 6.45) is 1.16. The number of carbonyl (C=O) groups excluding carboxylic acids is 2. The summed E-state index contributed by atoms with van der Waals surface area (Å²) in [5, 5.41) is 0. The average Bonchev–Trinajstić information content (AvgIpc) is 2.80. The van der Waals surface area contributed by atoms with Crippen molar-refractivity contribution in [3.63, 3.8) is 0 Å². The van der Waals surface area contributed by atoms with E-state index in [9.17, 15) is 18.0 Å². The molecule has 0 atom stereocenters. The molecule has 2 heterocycles. The molecule has 2 rings (SSSR count). The largest absolute Gasteiger partial charge is 0.465 e. The van der Waals surface area contributed by atoms with Crippen LogP contribution in [0.3, 0.4) is 0 Å². The summed E-state index contributed by atoms with van der Waals surface area (Å²) in [6.45, 7) is 4.57. The summed E-state index contributed by atoms with van der Waals surface area (Å²) >= 11 is 0. The van der Waals surface area contributed by atoms with Crippen molar-refractivity contribution in [2.75, 3.05) is 39.5 Å². The van der Waals surface area contributed by atoms with E-state index in [-0.39, 0.29) is 19.0 Å². The number of aryl methyl sites for hydroxylation is 1. The van der Waals surface area contributed by atoms with Crippen LogP contribution in [0.25, 0.3) is 0 Å². The van der Waals surface area contributed by atoms with Crippen molar-refractivity contribution in [1.82, 2.24) is 14.2 Å². The van der Waals surface area contributed by atoms with E-state index in [1.807, 2.05) is 0 Å². The first-order chi connectivity index (χ1) is 10.7. The van der Waals surface area contributed by atoms with Crippen LogP contribution < -0.4 is 0 Å². The van der Waals surface area contributed by atoms with Crippen LogP contribution in [-0.2, 0) is 14.8 Å². The highest BCUT2D eigenvalue weighted by atomic mass is 32.2. The molecular weight excluding hydrogens is 322 g/mol. The van der Waals surface area contributed by atoms with Gasteiger partial charge in [0.05, 0.1) is 18.9 Å². The van der Waals surface area contributed by atoms with E-state index >= 15 is 0 Å². The third-order valence-electron chi connectivity index (χ3n) is 4.04. The van der Waals surface area contributed by atoms with E-state index in [4.69, 9.17) is 4.74 Å². The zero-order valence-corrected chi connectivity index (χ0v) is 14.5. The lowest BCUT2D eigenvalue weighted by molar-refractivity contribution is 0.0599. The van der Waals surface area contributed by atoms with Crippen molar-refractivity contribution in [2.24, 2.45) is 0 Å². The number of hydrogen-bond acceptors (Lipinski definition) is 5. The Kier molecular flexibility index (Phi) is 4.81. The third kappa shape index (κ3) is 3.40. The first-order valence-electron chi connectivity index (χ1n) is 7.18. The second-order valence-corrected chi connectivity index (χ2v) is 7.55. The highest BCUT2D eigenvalue weighted by Crippen LogP contribution is 2.21. The van der Waals surface area contributed by atoms with Crippen LogP contribution in [0.1, 0.15) is 32.1 Å². The number of sulfonamides is 1. The van der Waals surface area contributed by atoms with Crippen molar-refractivity contribution in [3.05, 3.63) is 22.5 Å². The number of amides is 1. The van der Waals surface area contributed by atoms with E-state index in [0.29, 0.717) is 35.6 Å². The molecule has 1 aliphatic rings. The van der Waals surface area contributed by atoms with Crippen molar-refractivity contribution in [3.8, 4) is 0 Å². The molecule has 1 aromatic rings. The number of methoxy groups -OCH3 is 1. The Labute approximate surface area is 135 Å². The lowest BCUT2D eigenvalue weighted by Gasteiger charge is -2.33. The van der Waals surface area contributed by atoms with Gasteiger partial charge < -0.3 is 14.6 Å². The number of nitrogens with one attached hydrogen (secondary N) is 1. The number of hydrogen-bond donors (Lipinski definition) is 1. The molecule has 1 aromatic heterocycles. The molecule has 0 aliphatic carbocycles. The molecule has 1 aliphatic heterocycles. The summed E-state index contributed by atoms with van der Waals surface area (Å²) < 4.78 is 29.1. The molecule has 0 spiro atoms. The lowest BCUT2D eigenvalue weighted by atomic mass is 10.1. The molecule has 1 N–H and O–H groups in total. The lowest BCUT2D eigenvalue weighted by Crippen LogP contribution is -2.50. The number of aromatic amines is 1. The molecule has 1 saturated heterocycles. The van der Waals surface area contributed by atoms with Crippen molar-refractivity contribution < 1.29 is 22.7 Å². The Morgan fingerprint density at radius 1 is 1.13 bits per heavy atom. The third-order valence-corrected chi connectivity index (χ3v) is 5.34. The van der Waals surface area contributed by atoms with E-state index < -0.39 is 16.0 Å². The minimum atomic E-state index is -3.24. The Morgan fingerprint density at radius 2 is 1.70 bits per heavy atom. The summed E-state index contributed by atoms with van der Waals surface area (Å²) in [5.74, 6) is -0.730. The molecule has 1 amide bonds. The van der Waals surface area contributed by atoms with Gasteiger partial charge in [-0.3, -0.25) is 4.79 Å². The van der Waals surface area contributed by atoms with Crippen LogP contribution in [-0.4, -0.2) is 74.0 Å². The molecule has 0 bridgehead atoms. The Hall–Kier alpha value is -1.87. The molecule has 9 heteroatoms. The average molecular weight is 343 g/mol. The Balaban J connectivity index is 2.18. The molecule has 0 saturated carbocycles. The predicted octanol–water partition coefficient (Wildman–Crippen LogP) is 0.136. The maximum atomic E-state index is 12.6. The summed E-state index contributed by atoms with van der Waals surface area (Å²) in [4.78, 5) is 28.9. The van der Waals surface area contributed by atoms with Gasteiger partial charge in [0.25, 0.3) is 5.91 Å². The van der Waals surface area contributed by atoms with Crippen LogP contribution in [0.4, 0.5) is 0 Å². The van der Waals surface area contributed by atoms with Gasteiger partial charge in [0, 0.05) is 31.9 Å². The maximum Gasteiger partial charge on any atom is 0.339 e. The van der Waals surface area contributed by atoms with Crippen molar-refractivity contribution >= 4 is 21.9 Å². The normalized spacial score (nSPS) is 16.4. The highest BCUT2D eigenvalue weighted by Gasteiger charge is 2.30. The molecule has 0 unspecified atom stereocenters. The fourth-order valence-electron chi connectivity index (χ4n) is 2.75. The van der Waals surface area contributed by atoms with E-state index in [0.717, 1.165) is 6.26 Å². The minimum Gasteiger partial charge on any atom is -0.465 e. The van der Waals surface area contributed by atoms with E-state index in [1.165, 1.54) is 11.4 Å². The van der Waals surface area contributed by atoms with Crippen LogP contribution in [0.5, 0.6) is 0 Å². The van der Waals surface area contributed by atoms with E-state index in [2.05, 4.69) is 4.98 Å². The first kappa shape index (κ1) is 17.5. The fraction of sp³-hybridized carbons (Fsp3) is 0.571. The fourth-order valence-corrected chi connectivity index (χ4v) is 3.58. The standard InChI is InChI=1S/C14H21N3O5S/c1-9-11(14(19)22-3)10(2)15-12(9)13(18)16-5-7-17(8-6-16)23(4,20)21/h15H,5-8H2,1-4H3. The van der Waals surface area contributed by atoms with Gasteiger partial charge in [-0.2, -0.15) is 4.31 Å². The smallest absolute Gasteiger partial charge is 0.339 e. The monoisotopic (exact) mass is 343 g/mol. The number of esters is 1. The topological polar surface area (TPSA) is 99.8 Å². The van der Waals surface area contributed by atoms with Crippen molar-refractivity contribution in [2.45, 2.75) is 13.8 Å².